The van der Waals surface area contributed by atoms with E-state index in [2.05, 4.69) is 16.0 Å². The van der Waals surface area contributed by atoms with Gasteiger partial charge in [0.1, 0.15) is 5.75 Å². The molecular weight excluding hydrogens is 346 g/mol. The first-order chi connectivity index (χ1) is 12.8. The highest BCUT2D eigenvalue weighted by molar-refractivity contribution is 6.01. The molecule has 140 valence electrons. The number of carbonyl (C=O) groups excluding carboxylic acids is 3. The second-order valence-corrected chi connectivity index (χ2v) is 6.57. The Hall–Kier alpha value is -3.35. The fourth-order valence-corrected chi connectivity index (χ4v) is 2.86. The van der Waals surface area contributed by atoms with Gasteiger partial charge in [-0.05, 0) is 51.1 Å². The summed E-state index contributed by atoms with van der Waals surface area (Å²) in [6.07, 6.45) is -0.557. The molecule has 0 aliphatic carbocycles. The summed E-state index contributed by atoms with van der Waals surface area (Å²) >= 11 is 0. The highest BCUT2D eigenvalue weighted by atomic mass is 16.5. The lowest BCUT2D eigenvalue weighted by Gasteiger charge is -2.23. The maximum atomic E-state index is 12.2. The third kappa shape index (κ3) is 4.44. The molecule has 0 unspecified atom stereocenters. The van der Waals surface area contributed by atoms with E-state index in [0.29, 0.717) is 22.7 Å². The monoisotopic (exact) mass is 367 g/mol. The highest BCUT2D eigenvalue weighted by Crippen LogP contribution is 2.32. The lowest BCUT2D eigenvalue weighted by molar-refractivity contribution is -0.122. The normalized spacial score (nSPS) is 15.2. The maximum Gasteiger partial charge on any atom is 0.265 e. The number of hydrogen-bond acceptors (Lipinski definition) is 4. The number of ether oxygens (including phenoxy) is 1. The minimum absolute atomic E-state index is 0.164. The maximum absolute atomic E-state index is 12.2. The Morgan fingerprint density at radius 2 is 1.81 bits per heavy atom. The van der Waals surface area contributed by atoms with Crippen molar-refractivity contribution in [2.45, 2.75) is 26.9 Å². The first-order valence-corrected chi connectivity index (χ1v) is 8.60. The molecule has 1 aliphatic heterocycles. The Labute approximate surface area is 157 Å². The topological polar surface area (TPSA) is 96.5 Å². The van der Waals surface area contributed by atoms with E-state index in [-0.39, 0.29) is 24.3 Å². The Bertz CT molecular complexity index is 903. The molecule has 0 bridgehead atoms. The Morgan fingerprint density at radius 1 is 1.11 bits per heavy atom. The van der Waals surface area contributed by atoms with Gasteiger partial charge >= 0.3 is 0 Å². The van der Waals surface area contributed by atoms with Gasteiger partial charge < -0.3 is 20.7 Å². The number of rotatable bonds is 4. The van der Waals surface area contributed by atoms with E-state index in [0.717, 1.165) is 11.1 Å². The van der Waals surface area contributed by atoms with Crippen LogP contribution in [0.3, 0.4) is 0 Å². The van der Waals surface area contributed by atoms with Gasteiger partial charge in [-0.25, -0.2) is 0 Å². The predicted octanol–water partition coefficient (Wildman–Crippen LogP) is 2.39. The van der Waals surface area contributed by atoms with Crippen molar-refractivity contribution in [1.82, 2.24) is 5.32 Å². The number of aryl methyl sites for hydroxylation is 2. The van der Waals surface area contributed by atoms with Gasteiger partial charge in [0.05, 0.1) is 12.2 Å². The third-order valence-corrected chi connectivity index (χ3v) is 4.09. The first kappa shape index (κ1) is 18.4. The van der Waals surface area contributed by atoms with Crippen molar-refractivity contribution in [2.24, 2.45) is 0 Å². The number of benzene rings is 2. The van der Waals surface area contributed by atoms with E-state index in [1.54, 1.807) is 37.3 Å². The Morgan fingerprint density at radius 3 is 2.52 bits per heavy atom. The fraction of sp³-hybridized carbons (Fsp3) is 0.250. The van der Waals surface area contributed by atoms with Gasteiger partial charge in [-0.1, -0.05) is 17.2 Å². The summed E-state index contributed by atoms with van der Waals surface area (Å²) in [7, 11) is 0. The summed E-state index contributed by atoms with van der Waals surface area (Å²) in [5.74, 6) is -0.379. The Balaban J connectivity index is 1.59. The second-order valence-electron chi connectivity index (χ2n) is 6.57. The van der Waals surface area contributed by atoms with E-state index in [1.807, 2.05) is 19.9 Å². The van der Waals surface area contributed by atoms with Gasteiger partial charge in [-0.3, -0.25) is 14.4 Å². The molecule has 0 fully saturated rings. The summed E-state index contributed by atoms with van der Waals surface area (Å²) in [6.45, 7) is 5.32. The van der Waals surface area contributed by atoms with Crippen LogP contribution in [0.2, 0.25) is 0 Å². The van der Waals surface area contributed by atoms with Gasteiger partial charge in [0.15, 0.2) is 6.10 Å². The van der Waals surface area contributed by atoms with Crippen LogP contribution in [-0.4, -0.2) is 30.4 Å². The largest absolute Gasteiger partial charge is 0.479 e. The second kappa shape index (κ2) is 7.49. The summed E-state index contributed by atoms with van der Waals surface area (Å²) in [4.78, 5) is 36.0. The van der Waals surface area contributed by atoms with Crippen molar-refractivity contribution in [3.05, 3.63) is 53.1 Å². The molecule has 7 heteroatoms. The van der Waals surface area contributed by atoms with Crippen LogP contribution < -0.4 is 20.7 Å². The molecule has 0 saturated heterocycles. The molecule has 1 aliphatic rings. The van der Waals surface area contributed by atoms with E-state index in [4.69, 9.17) is 4.74 Å². The molecule has 0 spiro atoms. The average Bonchev–Trinajstić information content (AvgIpc) is 2.60. The lowest BCUT2D eigenvalue weighted by atomic mass is 10.1. The van der Waals surface area contributed by atoms with Crippen molar-refractivity contribution < 1.29 is 19.1 Å². The molecule has 2 aromatic carbocycles. The van der Waals surface area contributed by atoms with E-state index in [1.165, 1.54) is 0 Å². The van der Waals surface area contributed by atoms with Crippen molar-refractivity contribution in [3.63, 3.8) is 0 Å². The molecule has 3 N–H and O–H groups in total. The summed E-state index contributed by atoms with van der Waals surface area (Å²) < 4.78 is 5.47. The van der Waals surface area contributed by atoms with Gasteiger partial charge in [0.2, 0.25) is 5.91 Å². The van der Waals surface area contributed by atoms with Crippen molar-refractivity contribution in [2.75, 3.05) is 17.2 Å². The quantitative estimate of drug-likeness (QED) is 0.773. The Kier molecular flexibility index (Phi) is 5.12. The van der Waals surface area contributed by atoms with E-state index in [9.17, 15) is 14.4 Å². The number of carbonyl (C=O) groups is 3. The molecule has 0 saturated carbocycles. The highest BCUT2D eigenvalue weighted by Gasteiger charge is 2.23. The number of hydrogen-bond donors (Lipinski definition) is 3. The third-order valence-electron chi connectivity index (χ3n) is 4.09. The van der Waals surface area contributed by atoms with Gasteiger partial charge in [0.25, 0.3) is 11.8 Å². The van der Waals surface area contributed by atoms with Crippen molar-refractivity contribution >= 4 is 29.1 Å². The minimum Gasteiger partial charge on any atom is -0.479 e. The lowest BCUT2D eigenvalue weighted by Crippen LogP contribution is -2.34. The molecule has 3 rings (SSSR count). The summed E-state index contributed by atoms with van der Waals surface area (Å²) in [5, 5.41) is 8.01. The molecule has 2 aromatic rings. The van der Waals surface area contributed by atoms with Crippen LogP contribution in [0.5, 0.6) is 5.75 Å². The molecule has 27 heavy (non-hydrogen) atoms. The summed E-state index contributed by atoms with van der Waals surface area (Å²) in [6, 6.07) is 10.5. The van der Waals surface area contributed by atoms with Crippen LogP contribution in [0.1, 0.15) is 28.4 Å². The first-order valence-electron chi connectivity index (χ1n) is 8.60. The van der Waals surface area contributed by atoms with Crippen LogP contribution in [0.4, 0.5) is 11.4 Å². The average molecular weight is 367 g/mol. The van der Waals surface area contributed by atoms with Gasteiger partial charge in [-0.2, -0.15) is 0 Å². The van der Waals surface area contributed by atoms with Crippen molar-refractivity contribution in [3.8, 4) is 5.75 Å². The molecule has 7 nitrogen and oxygen atoms in total. The number of amides is 3. The smallest absolute Gasteiger partial charge is 0.265 e. The molecule has 3 amide bonds. The SMILES string of the molecule is Cc1cc(C)cc(C(=O)NCC(=O)Nc2ccc3c(c2)NC(=O)[C@@H](C)O3)c1. The van der Waals surface area contributed by atoms with Crippen LogP contribution in [0, 0.1) is 13.8 Å². The van der Waals surface area contributed by atoms with Gasteiger partial charge in [0, 0.05) is 11.3 Å². The number of anilines is 2. The van der Waals surface area contributed by atoms with E-state index >= 15 is 0 Å². The number of fused-ring (bicyclic) bond motifs is 1. The fourth-order valence-electron chi connectivity index (χ4n) is 2.86. The van der Waals surface area contributed by atoms with Crippen LogP contribution in [-0.2, 0) is 9.59 Å². The standard InChI is InChI=1S/C20H21N3O4/c1-11-6-12(2)8-14(7-11)20(26)21-10-18(24)22-15-4-5-17-16(9-15)23-19(25)13(3)27-17/h4-9,13H,10H2,1-3H3,(H,21,26)(H,22,24)(H,23,25)/t13-/m1/s1. The zero-order valence-corrected chi connectivity index (χ0v) is 15.4. The van der Waals surface area contributed by atoms with Crippen LogP contribution in [0.25, 0.3) is 0 Å². The van der Waals surface area contributed by atoms with Crippen LogP contribution in [0.15, 0.2) is 36.4 Å². The molecular formula is C20H21N3O4. The van der Waals surface area contributed by atoms with E-state index < -0.39 is 6.10 Å². The molecule has 0 radical (unpaired) electrons. The zero-order valence-electron chi connectivity index (χ0n) is 15.4. The zero-order chi connectivity index (χ0) is 19.6. The molecule has 1 atom stereocenters. The van der Waals surface area contributed by atoms with Gasteiger partial charge in [-0.15, -0.1) is 0 Å². The predicted molar refractivity (Wildman–Crippen MR) is 102 cm³/mol. The minimum atomic E-state index is -0.557. The van der Waals surface area contributed by atoms with Crippen molar-refractivity contribution in [1.29, 1.82) is 0 Å². The summed E-state index contributed by atoms with van der Waals surface area (Å²) in [5.41, 5.74) is 3.48. The molecule has 1 heterocycles. The van der Waals surface area contributed by atoms with Crippen LogP contribution >= 0.6 is 0 Å². The molecule has 0 aromatic heterocycles. The number of nitrogens with one attached hydrogen (secondary N) is 3.